The highest BCUT2D eigenvalue weighted by Gasteiger charge is 2.34. The Kier molecular flexibility index (Phi) is 6.31. The molecule has 0 saturated heterocycles. The van der Waals surface area contributed by atoms with Crippen molar-refractivity contribution in [3.05, 3.63) is 0 Å². The first-order valence-electron chi connectivity index (χ1n) is 7.87. The molecule has 0 aromatic rings. The number of carbonyl (C=O) groups excluding carboxylic acids is 1. The van der Waals surface area contributed by atoms with Crippen LogP contribution in [0.25, 0.3) is 0 Å². The Morgan fingerprint density at radius 1 is 1.26 bits per heavy atom. The van der Waals surface area contributed by atoms with E-state index in [4.69, 9.17) is 0 Å². The summed E-state index contributed by atoms with van der Waals surface area (Å²) in [6, 6.07) is 0.774. The zero-order chi connectivity index (χ0) is 14.5. The van der Waals surface area contributed by atoms with Crippen molar-refractivity contribution < 1.29 is 4.79 Å². The summed E-state index contributed by atoms with van der Waals surface area (Å²) in [5.74, 6) is 0.759. The van der Waals surface area contributed by atoms with Gasteiger partial charge in [0.05, 0.1) is 6.54 Å². The second-order valence-electron chi connectivity index (χ2n) is 7.12. The first-order chi connectivity index (χ1) is 8.84. The maximum Gasteiger partial charge on any atom is 0.234 e. The third-order valence-corrected chi connectivity index (χ3v) is 4.45. The molecule has 19 heavy (non-hydrogen) atoms. The van der Waals surface area contributed by atoms with Gasteiger partial charge in [-0.1, -0.05) is 40.5 Å². The van der Waals surface area contributed by atoms with E-state index >= 15 is 0 Å². The van der Waals surface area contributed by atoms with E-state index in [1.165, 1.54) is 19.3 Å². The van der Waals surface area contributed by atoms with Crippen LogP contribution in [0.5, 0.6) is 0 Å². The van der Waals surface area contributed by atoms with Gasteiger partial charge in [0.15, 0.2) is 0 Å². The molecule has 3 heteroatoms. The van der Waals surface area contributed by atoms with E-state index in [-0.39, 0.29) is 11.3 Å². The molecule has 1 aliphatic carbocycles. The van der Waals surface area contributed by atoms with Gasteiger partial charge in [-0.2, -0.15) is 0 Å². The van der Waals surface area contributed by atoms with E-state index in [1.807, 2.05) is 0 Å². The van der Waals surface area contributed by atoms with Crippen LogP contribution in [0.1, 0.15) is 66.7 Å². The Hall–Kier alpha value is -0.570. The maximum absolute atomic E-state index is 12.0. The highest BCUT2D eigenvalue weighted by Crippen LogP contribution is 2.37. The fourth-order valence-electron chi connectivity index (χ4n) is 3.01. The zero-order valence-corrected chi connectivity index (χ0v) is 13.4. The summed E-state index contributed by atoms with van der Waals surface area (Å²) in [4.78, 5) is 12.0. The minimum Gasteiger partial charge on any atom is -0.352 e. The van der Waals surface area contributed by atoms with Crippen molar-refractivity contribution in [2.24, 2.45) is 11.3 Å². The van der Waals surface area contributed by atoms with Gasteiger partial charge in [0.2, 0.25) is 5.91 Å². The third-order valence-electron chi connectivity index (χ3n) is 4.45. The van der Waals surface area contributed by atoms with Crippen LogP contribution in [0.4, 0.5) is 0 Å². The van der Waals surface area contributed by atoms with Crippen LogP contribution in [0.15, 0.2) is 0 Å². The van der Waals surface area contributed by atoms with Crippen LogP contribution < -0.4 is 10.6 Å². The molecule has 3 nitrogen and oxygen atoms in total. The summed E-state index contributed by atoms with van der Waals surface area (Å²) in [7, 11) is 0. The molecule has 0 aromatic carbocycles. The first kappa shape index (κ1) is 16.5. The van der Waals surface area contributed by atoms with E-state index in [0.29, 0.717) is 24.5 Å². The monoisotopic (exact) mass is 268 g/mol. The van der Waals surface area contributed by atoms with Gasteiger partial charge in [0.25, 0.3) is 0 Å². The molecule has 1 amide bonds. The smallest absolute Gasteiger partial charge is 0.234 e. The lowest BCUT2D eigenvalue weighted by atomic mass is 9.69. The molecule has 112 valence electrons. The van der Waals surface area contributed by atoms with Gasteiger partial charge in [-0.15, -0.1) is 0 Å². The predicted molar refractivity (Wildman–Crippen MR) is 81.1 cm³/mol. The molecule has 3 atom stereocenters. The molecule has 1 aliphatic rings. The van der Waals surface area contributed by atoms with Crippen molar-refractivity contribution in [1.82, 2.24) is 10.6 Å². The van der Waals surface area contributed by atoms with Crippen LogP contribution in [0.2, 0.25) is 0 Å². The van der Waals surface area contributed by atoms with Crippen LogP contribution in [-0.4, -0.2) is 24.5 Å². The average Bonchev–Trinajstić information content (AvgIpc) is 2.35. The highest BCUT2D eigenvalue weighted by molar-refractivity contribution is 5.78. The predicted octanol–water partition coefficient (Wildman–Crippen LogP) is 3.10. The number of carbonyl (C=O) groups is 1. The van der Waals surface area contributed by atoms with Crippen molar-refractivity contribution in [2.75, 3.05) is 6.54 Å². The number of hydrogen-bond acceptors (Lipinski definition) is 2. The quantitative estimate of drug-likeness (QED) is 0.804. The Morgan fingerprint density at radius 2 is 1.89 bits per heavy atom. The first-order valence-corrected chi connectivity index (χ1v) is 7.87. The molecule has 0 radical (unpaired) electrons. The maximum atomic E-state index is 12.0. The zero-order valence-electron chi connectivity index (χ0n) is 13.4. The molecule has 0 bridgehead atoms. The molecular weight excluding hydrogens is 236 g/mol. The van der Waals surface area contributed by atoms with Crippen LogP contribution in [0.3, 0.4) is 0 Å². The van der Waals surface area contributed by atoms with Crippen molar-refractivity contribution in [3.63, 3.8) is 0 Å². The molecule has 0 aliphatic heterocycles. The van der Waals surface area contributed by atoms with E-state index < -0.39 is 0 Å². The second-order valence-corrected chi connectivity index (χ2v) is 7.12. The molecule has 1 rings (SSSR count). The lowest BCUT2D eigenvalue weighted by Gasteiger charge is -2.40. The van der Waals surface area contributed by atoms with Gasteiger partial charge in [-0.05, 0) is 37.5 Å². The molecular formula is C16H32N2O. The Bertz CT molecular complexity index is 283. The summed E-state index contributed by atoms with van der Waals surface area (Å²) in [5.41, 5.74) is 0.280. The lowest BCUT2D eigenvalue weighted by molar-refractivity contribution is -0.122. The van der Waals surface area contributed by atoms with E-state index in [1.54, 1.807) is 0 Å². The number of rotatable bonds is 5. The van der Waals surface area contributed by atoms with Crippen LogP contribution in [0, 0.1) is 11.3 Å². The van der Waals surface area contributed by atoms with Crippen LogP contribution >= 0.6 is 0 Å². The Morgan fingerprint density at radius 3 is 2.47 bits per heavy atom. The average molecular weight is 268 g/mol. The standard InChI is InChI=1S/C16H32N2O/c1-6-12(2)17-11-15(19)18-14-10-8-7-9-13(14)16(3,4)5/h12-14,17H,6-11H2,1-5H3,(H,18,19). The highest BCUT2D eigenvalue weighted by atomic mass is 16.2. The second kappa shape index (κ2) is 7.28. The number of nitrogens with one attached hydrogen (secondary N) is 2. The van der Waals surface area contributed by atoms with Gasteiger partial charge in [-0.3, -0.25) is 4.79 Å². The Labute approximate surface area is 118 Å². The minimum atomic E-state index is 0.154. The van der Waals surface area contributed by atoms with Gasteiger partial charge in [0, 0.05) is 12.1 Å². The summed E-state index contributed by atoms with van der Waals surface area (Å²) in [5, 5.41) is 6.52. The molecule has 0 heterocycles. The third kappa shape index (κ3) is 5.52. The van der Waals surface area contributed by atoms with Gasteiger partial charge in [-0.25, -0.2) is 0 Å². The van der Waals surface area contributed by atoms with Crippen molar-refractivity contribution in [1.29, 1.82) is 0 Å². The lowest BCUT2D eigenvalue weighted by Crippen LogP contribution is -2.49. The van der Waals surface area contributed by atoms with E-state index in [9.17, 15) is 4.79 Å². The topological polar surface area (TPSA) is 41.1 Å². The summed E-state index contributed by atoms with van der Waals surface area (Å²) in [6.45, 7) is 11.6. The van der Waals surface area contributed by atoms with Crippen LogP contribution in [-0.2, 0) is 4.79 Å². The van der Waals surface area contributed by atoms with E-state index in [0.717, 1.165) is 12.8 Å². The van der Waals surface area contributed by atoms with Crippen molar-refractivity contribution >= 4 is 5.91 Å². The van der Waals surface area contributed by atoms with Gasteiger partial charge < -0.3 is 10.6 Å². The van der Waals surface area contributed by atoms with Gasteiger partial charge in [0.1, 0.15) is 0 Å². The fourth-order valence-corrected chi connectivity index (χ4v) is 3.01. The fraction of sp³-hybridized carbons (Fsp3) is 0.938. The SMILES string of the molecule is CCC(C)NCC(=O)NC1CCCCC1C(C)(C)C. The van der Waals surface area contributed by atoms with E-state index in [2.05, 4.69) is 45.3 Å². The molecule has 1 saturated carbocycles. The summed E-state index contributed by atoms with van der Waals surface area (Å²) >= 11 is 0. The Balaban J connectivity index is 2.46. The molecule has 3 unspecified atom stereocenters. The molecule has 1 fully saturated rings. The molecule has 2 N–H and O–H groups in total. The minimum absolute atomic E-state index is 0.154. The largest absolute Gasteiger partial charge is 0.352 e. The van der Waals surface area contributed by atoms with Crippen molar-refractivity contribution in [2.45, 2.75) is 78.8 Å². The number of hydrogen-bond donors (Lipinski definition) is 2. The normalized spacial score (nSPS) is 25.9. The van der Waals surface area contributed by atoms with Crippen molar-refractivity contribution in [3.8, 4) is 0 Å². The summed E-state index contributed by atoms with van der Waals surface area (Å²) < 4.78 is 0. The molecule has 0 spiro atoms. The van der Waals surface area contributed by atoms with Gasteiger partial charge >= 0.3 is 0 Å². The summed E-state index contributed by atoms with van der Waals surface area (Å²) in [6.07, 6.45) is 5.99. The number of amides is 1. The molecule has 0 aromatic heterocycles.